The molecule has 1 aromatic carbocycles. The van der Waals surface area contributed by atoms with E-state index in [-0.39, 0.29) is 0 Å². The third-order valence-electron chi connectivity index (χ3n) is 2.67. The molecule has 1 aromatic rings. The molecule has 1 unspecified atom stereocenters. The molecule has 0 aromatic heterocycles. The number of carbonyl (C=O) groups is 1. The van der Waals surface area contributed by atoms with Crippen LogP contribution in [0.4, 0.5) is 5.69 Å². The largest absolute Gasteiger partial charge is 0.365 e. The molecule has 1 fully saturated rings. The summed E-state index contributed by atoms with van der Waals surface area (Å²) in [6, 6.07) is 7.23. The fourth-order valence-electron chi connectivity index (χ4n) is 1.85. The van der Waals surface area contributed by atoms with Gasteiger partial charge in [-0.3, -0.25) is 4.79 Å². The molecule has 0 saturated carbocycles. The van der Waals surface area contributed by atoms with Gasteiger partial charge in [0, 0.05) is 22.8 Å². The summed E-state index contributed by atoms with van der Waals surface area (Å²) in [5.41, 5.74) is 1.34. The van der Waals surface area contributed by atoms with Crippen LogP contribution in [-0.4, -0.2) is 32.1 Å². The van der Waals surface area contributed by atoms with E-state index in [0.717, 1.165) is 12.0 Å². The van der Waals surface area contributed by atoms with Crippen molar-refractivity contribution in [2.45, 2.75) is 6.10 Å². The highest BCUT2D eigenvalue weighted by Gasteiger charge is 2.21. The summed E-state index contributed by atoms with van der Waals surface area (Å²) in [4.78, 5) is 13.0. The van der Waals surface area contributed by atoms with Crippen LogP contribution in [0, 0.1) is 11.3 Å². The van der Waals surface area contributed by atoms with Crippen LogP contribution in [0.2, 0.25) is 5.02 Å². The van der Waals surface area contributed by atoms with Gasteiger partial charge in [0.25, 0.3) is 0 Å². The maximum atomic E-state index is 11.0. The molecule has 1 heterocycles. The van der Waals surface area contributed by atoms with Crippen molar-refractivity contribution >= 4 is 23.6 Å². The van der Waals surface area contributed by atoms with E-state index in [1.54, 1.807) is 18.2 Å². The second kappa shape index (κ2) is 5.17. The molecule has 88 valence electrons. The van der Waals surface area contributed by atoms with Crippen LogP contribution in [0.1, 0.15) is 10.4 Å². The predicted molar refractivity (Wildman–Crippen MR) is 64.4 cm³/mol. The summed E-state index contributed by atoms with van der Waals surface area (Å²) in [6.07, 6.45) is 0.330. The topological polar surface area (TPSA) is 53.3 Å². The quantitative estimate of drug-likeness (QED) is 0.752. The van der Waals surface area contributed by atoms with Crippen LogP contribution in [-0.2, 0) is 4.74 Å². The summed E-state index contributed by atoms with van der Waals surface area (Å²) in [5, 5.41) is 9.36. The van der Waals surface area contributed by atoms with Crippen LogP contribution >= 0.6 is 11.6 Å². The van der Waals surface area contributed by atoms with Crippen molar-refractivity contribution < 1.29 is 9.53 Å². The molecule has 1 aliphatic heterocycles. The number of hydrogen-bond donors (Lipinski definition) is 0. The van der Waals surface area contributed by atoms with Crippen molar-refractivity contribution in [2.75, 3.05) is 24.6 Å². The molecular weight excluding hydrogens is 240 g/mol. The molecule has 1 saturated heterocycles. The third-order valence-corrected chi connectivity index (χ3v) is 2.90. The molecule has 0 amide bonds. The number of rotatable bonds is 2. The standard InChI is InChI=1S/C12H11ClN2O2/c13-10-1-2-12(9(5-10)8-16)15-3-4-17-11(6-14)7-15/h1-2,5,8,11H,3-4,7H2. The lowest BCUT2D eigenvalue weighted by molar-refractivity contribution is 0.0763. The molecule has 17 heavy (non-hydrogen) atoms. The normalized spacial score (nSPS) is 19.8. The van der Waals surface area contributed by atoms with Crippen molar-refractivity contribution in [3.63, 3.8) is 0 Å². The summed E-state index contributed by atoms with van der Waals surface area (Å²) < 4.78 is 5.26. The first-order chi connectivity index (χ1) is 8.24. The lowest BCUT2D eigenvalue weighted by Gasteiger charge is -2.32. The smallest absolute Gasteiger partial charge is 0.161 e. The average molecular weight is 251 g/mol. The number of morpholine rings is 1. The van der Waals surface area contributed by atoms with Gasteiger partial charge in [-0.25, -0.2) is 0 Å². The molecule has 0 spiro atoms. The molecule has 0 aliphatic carbocycles. The summed E-state index contributed by atoms with van der Waals surface area (Å²) in [7, 11) is 0. The van der Waals surface area contributed by atoms with Crippen LogP contribution in [0.25, 0.3) is 0 Å². The predicted octanol–water partition coefficient (Wildman–Crippen LogP) is 1.88. The maximum absolute atomic E-state index is 11.0. The highest BCUT2D eigenvalue weighted by molar-refractivity contribution is 6.31. The lowest BCUT2D eigenvalue weighted by Crippen LogP contribution is -2.42. The number of aldehydes is 1. The van der Waals surface area contributed by atoms with Crippen molar-refractivity contribution in [1.29, 1.82) is 5.26 Å². The molecule has 2 rings (SSSR count). The van der Waals surface area contributed by atoms with Gasteiger partial charge in [0.2, 0.25) is 0 Å². The van der Waals surface area contributed by atoms with E-state index < -0.39 is 6.10 Å². The zero-order valence-corrected chi connectivity index (χ0v) is 9.85. The van der Waals surface area contributed by atoms with E-state index in [9.17, 15) is 4.79 Å². The molecular formula is C12H11ClN2O2. The van der Waals surface area contributed by atoms with Crippen molar-refractivity contribution in [2.24, 2.45) is 0 Å². The molecule has 1 aliphatic rings. The minimum atomic E-state index is -0.445. The van der Waals surface area contributed by atoms with Crippen LogP contribution in [0.15, 0.2) is 18.2 Å². The minimum Gasteiger partial charge on any atom is -0.365 e. The molecule has 1 atom stereocenters. The highest BCUT2D eigenvalue weighted by Crippen LogP contribution is 2.24. The van der Waals surface area contributed by atoms with Crippen molar-refractivity contribution in [3.8, 4) is 6.07 Å². The Morgan fingerprint density at radius 3 is 3.12 bits per heavy atom. The van der Waals surface area contributed by atoms with Gasteiger partial charge in [0.05, 0.1) is 19.2 Å². The fraction of sp³-hybridized carbons (Fsp3) is 0.333. The van der Waals surface area contributed by atoms with Gasteiger partial charge in [-0.1, -0.05) is 11.6 Å². The first kappa shape index (κ1) is 11.9. The average Bonchev–Trinajstić information content (AvgIpc) is 2.38. The zero-order chi connectivity index (χ0) is 12.3. The van der Waals surface area contributed by atoms with Crippen LogP contribution in [0.3, 0.4) is 0 Å². The molecule has 0 radical (unpaired) electrons. The second-order valence-corrected chi connectivity index (χ2v) is 4.19. The lowest BCUT2D eigenvalue weighted by atomic mass is 10.1. The number of benzene rings is 1. The van der Waals surface area contributed by atoms with Crippen molar-refractivity contribution in [1.82, 2.24) is 0 Å². The Labute approximate surface area is 104 Å². The second-order valence-electron chi connectivity index (χ2n) is 3.76. The first-order valence-corrected chi connectivity index (χ1v) is 5.63. The Morgan fingerprint density at radius 2 is 2.41 bits per heavy atom. The highest BCUT2D eigenvalue weighted by atomic mass is 35.5. The van der Waals surface area contributed by atoms with Gasteiger partial charge < -0.3 is 9.64 Å². The zero-order valence-electron chi connectivity index (χ0n) is 9.10. The van der Waals surface area contributed by atoms with Crippen molar-refractivity contribution in [3.05, 3.63) is 28.8 Å². The summed E-state index contributed by atoms with van der Waals surface area (Å²) in [5.74, 6) is 0. The van der Waals surface area contributed by atoms with E-state index >= 15 is 0 Å². The number of hydrogen-bond acceptors (Lipinski definition) is 4. The Hall–Kier alpha value is -1.57. The van der Waals surface area contributed by atoms with Crippen LogP contribution in [0.5, 0.6) is 0 Å². The number of nitriles is 1. The van der Waals surface area contributed by atoms with Gasteiger partial charge in [0.15, 0.2) is 12.4 Å². The van der Waals surface area contributed by atoms with E-state index in [1.165, 1.54) is 0 Å². The van der Waals surface area contributed by atoms with E-state index in [1.807, 2.05) is 4.90 Å². The van der Waals surface area contributed by atoms with Crippen LogP contribution < -0.4 is 4.90 Å². The minimum absolute atomic E-state index is 0.445. The molecule has 0 bridgehead atoms. The number of anilines is 1. The maximum Gasteiger partial charge on any atom is 0.161 e. The van der Waals surface area contributed by atoms with Gasteiger partial charge in [-0.2, -0.15) is 5.26 Å². The molecule has 4 nitrogen and oxygen atoms in total. The number of ether oxygens (including phenoxy) is 1. The Bertz CT molecular complexity index is 470. The summed E-state index contributed by atoms with van der Waals surface area (Å²) in [6.45, 7) is 1.62. The third kappa shape index (κ3) is 2.57. The Morgan fingerprint density at radius 1 is 1.59 bits per heavy atom. The van der Waals surface area contributed by atoms with Gasteiger partial charge in [-0.15, -0.1) is 0 Å². The van der Waals surface area contributed by atoms with E-state index in [2.05, 4.69) is 6.07 Å². The Kier molecular flexibility index (Phi) is 3.62. The first-order valence-electron chi connectivity index (χ1n) is 5.25. The van der Waals surface area contributed by atoms with Gasteiger partial charge in [-0.05, 0) is 18.2 Å². The van der Waals surface area contributed by atoms with E-state index in [0.29, 0.717) is 30.3 Å². The number of halogens is 1. The number of carbonyl (C=O) groups excluding carboxylic acids is 1. The Balaban J connectivity index is 2.27. The molecule has 0 N–H and O–H groups in total. The SMILES string of the molecule is N#CC1CN(c2ccc(Cl)cc2C=O)CCO1. The fourth-order valence-corrected chi connectivity index (χ4v) is 2.03. The monoisotopic (exact) mass is 250 g/mol. The molecule has 5 heteroatoms. The van der Waals surface area contributed by atoms with Gasteiger partial charge >= 0.3 is 0 Å². The summed E-state index contributed by atoms with van der Waals surface area (Å²) >= 11 is 5.84. The number of nitrogens with zero attached hydrogens (tertiary/aromatic N) is 2. The van der Waals surface area contributed by atoms with Gasteiger partial charge in [0.1, 0.15) is 0 Å². The van der Waals surface area contributed by atoms with E-state index in [4.69, 9.17) is 21.6 Å².